The minimum atomic E-state index is 0.267. The highest BCUT2D eigenvalue weighted by Gasteiger charge is 2.19. The Morgan fingerprint density at radius 1 is 1.44 bits per heavy atom. The molecule has 0 atom stereocenters. The molecule has 0 radical (unpaired) electrons. The zero-order chi connectivity index (χ0) is 13.1. The molecule has 0 aromatic heterocycles. The third-order valence-electron chi connectivity index (χ3n) is 3.21. The topological polar surface area (TPSA) is 26.3 Å². The highest BCUT2D eigenvalue weighted by molar-refractivity contribution is 6.30. The van der Waals surface area contributed by atoms with Crippen molar-refractivity contribution in [3.63, 3.8) is 0 Å². The number of halogens is 1. The molecule has 1 aromatic rings. The van der Waals surface area contributed by atoms with Crippen molar-refractivity contribution in [1.82, 2.24) is 0 Å². The fraction of sp³-hybridized carbons (Fsp3) is 0.533. The maximum atomic E-state index is 11.9. The molecule has 0 amide bonds. The van der Waals surface area contributed by atoms with Crippen molar-refractivity contribution < 1.29 is 9.53 Å². The van der Waals surface area contributed by atoms with Crippen LogP contribution in [-0.2, 0) is 17.6 Å². The summed E-state index contributed by atoms with van der Waals surface area (Å²) in [6.45, 7) is 4.96. The Morgan fingerprint density at radius 2 is 2.22 bits per heavy atom. The molecule has 0 saturated heterocycles. The normalized spacial score (nSPS) is 13.6. The van der Waals surface area contributed by atoms with E-state index in [1.807, 2.05) is 12.1 Å². The monoisotopic (exact) mass is 266 g/mol. The molecule has 1 heterocycles. The molecule has 0 saturated carbocycles. The molecule has 0 fully saturated rings. The van der Waals surface area contributed by atoms with E-state index in [2.05, 4.69) is 13.8 Å². The molecule has 0 unspecified atom stereocenters. The van der Waals surface area contributed by atoms with E-state index in [1.54, 1.807) is 0 Å². The lowest BCUT2D eigenvalue weighted by atomic mass is 9.99. The number of ether oxygens (including phenoxy) is 1. The fourth-order valence-corrected chi connectivity index (χ4v) is 2.49. The van der Waals surface area contributed by atoms with E-state index in [0.29, 0.717) is 30.4 Å². The lowest BCUT2D eigenvalue weighted by molar-refractivity contribution is -0.118. The number of Topliss-reactive ketones (excluding diaryl/α,β-unsaturated/α-hetero) is 1. The lowest BCUT2D eigenvalue weighted by Crippen LogP contribution is -2.05. The van der Waals surface area contributed by atoms with Gasteiger partial charge in [-0.15, -0.1) is 0 Å². The van der Waals surface area contributed by atoms with Gasteiger partial charge in [0.15, 0.2) is 0 Å². The number of hydrogen-bond donors (Lipinski definition) is 0. The summed E-state index contributed by atoms with van der Waals surface area (Å²) < 4.78 is 5.60. The average molecular weight is 267 g/mol. The second-order valence-corrected chi connectivity index (χ2v) is 5.74. The van der Waals surface area contributed by atoms with Gasteiger partial charge in [-0.2, -0.15) is 0 Å². The van der Waals surface area contributed by atoms with Crippen molar-refractivity contribution in [2.75, 3.05) is 6.61 Å². The minimum Gasteiger partial charge on any atom is -0.493 e. The third-order valence-corrected chi connectivity index (χ3v) is 3.43. The summed E-state index contributed by atoms with van der Waals surface area (Å²) in [6.07, 6.45) is 2.92. The molecule has 2 rings (SSSR count). The number of ketones is 1. The Hall–Kier alpha value is -1.02. The molecule has 2 nitrogen and oxygen atoms in total. The van der Waals surface area contributed by atoms with Crippen LogP contribution in [0.2, 0.25) is 5.02 Å². The van der Waals surface area contributed by atoms with E-state index < -0.39 is 0 Å². The first-order valence-electron chi connectivity index (χ1n) is 6.52. The molecular formula is C15H19ClO2. The third kappa shape index (κ3) is 3.26. The number of carbonyl (C=O) groups is 1. The maximum absolute atomic E-state index is 11.9. The predicted octanol–water partition coefficient (Wildman–Crippen LogP) is 3.82. The highest BCUT2D eigenvalue weighted by Crippen LogP contribution is 2.33. The van der Waals surface area contributed by atoms with Crippen LogP contribution in [0.1, 0.15) is 37.8 Å². The van der Waals surface area contributed by atoms with Gasteiger partial charge in [0.05, 0.1) is 6.61 Å². The van der Waals surface area contributed by atoms with Crippen LogP contribution >= 0.6 is 11.6 Å². The van der Waals surface area contributed by atoms with Crippen molar-refractivity contribution in [3.8, 4) is 5.75 Å². The highest BCUT2D eigenvalue weighted by atomic mass is 35.5. The summed E-state index contributed by atoms with van der Waals surface area (Å²) in [5.74, 6) is 1.72. The number of fused-ring (bicyclic) bond motifs is 1. The van der Waals surface area contributed by atoms with Gasteiger partial charge in [0.25, 0.3) is 0 Å². The van der Waals surface area contributed by atoms with Gasteiger partial charge in [0.2, 0.25) is 0 Å². The van der Waals surface area contributed by atoms with E-state index in [1.165, 1.54) is 0 Å². The van der Waals surface area contributed by atoms with Gasteiger partial charge in [0.1, 0.15) is 11.5 Å². The van der Waals surface area contributed by atoms with Crippen molar-refractivity contribution in [3.05, 3.63) is 28.3 Å². The molecule has 0 spiro atoms. The van der Waals surface area contributed by atoms with Gasteiger partial charge in [0, 0.05) is 29.8 Å². The first-order valence-corrected chi connectivity index (χ1v) is 6.90. The molecule has 98 valence electrons. The van der Waals surface area contributed by atoms with Crippen LogP contribution in [0.5, 0.6) is 5.75 Å². The molecule has 18 heavy (non-hydrogen) atoms. The second kappa shape index (κ2) is 5.75. The fourth-order valence-electron chi connectivity index (χ4n) is 2.23. The summed E-state index contributed by atoms with van der Waals surface area (Å²) in [4.78, 5) is 11.9. The van der Waals surface area contributed by atoms with Crippen LogP contribution in [-0.4, -0.2) is 12.4 Å². The lowest BCUT2D eigenvalue weighted by Gasteiger charge is -2.09. The van der Waals surface area contributed by atoms with Crippen LogP contribution in [0, 0.1) is 5.92 Å². The van der Waals surface area contributed by atoms with Gasteiger partial charge < -0.3 is 4.74 Å². The molecule has 0 aliphatic carbocycles. The van der Waals surface area contributed by atoms with E-state index in [9.17, 15) is 4.79 Å². The first-order chi connectivity index (χ1) is 8.56. The van der Waals surface area contributed by atoms with Gasteiger partial charge in [-0.25, -0.2) is 0 Å². The maximum Gasteiger partial charge on any atom is 0.137 e. The van der Waals surface area contributed by atoms with Gasteiger partial charge in [-0.3, -0.25) is 4.79 Å². The van der Waals surface area contributed by atoms with Crippen LogP contribution < -0.4 is 4.74 Å². The smallest absolute Gasteiger partial charge is 0.137 e. The first kappa shape index (κ1) is 13.4. The summed E-state index contributed by atoms with van der Waals surface area (Å²) in [5, 5.41) is 0.700. The molecule has 1 aliphatic heterocycles. The van der Waals surface area contributed by atoms with E-state index in [-0.39, 0.29) is 5.78 Å². The Balaban J connectivity index is 2.07. The standard InChI is InChI=1S/C15H19ClO2/c1-10(2)3-4-14(17)9-12-8-13(16)7-11-5-6-18-15(11)12/h7-8,10H,3-6,9H2,1-2H3. The molecule has 1 aliphatic rings. The predicted molar refractivity (Wildman–Crippen MR) is 73.4 cm³/mol. The largest absolute Gasteiger partial charge is 0.493 e. The Morgan fingerprint density at radius 3 is 2.94 bits per heavy atom. The Bertz CT molecular complexity index is 452. The van der Waals surface area contributed by atoms with E-state index in [4.69, 9.17) is 16.3 Å². The quantitative estimate of drug-likeness (QED) is 0.810. The average Bonchev–Trinajstić information content (AvgIpc) is 2.74. The Labute approximate surface area is 113 Å². The van der Waals surface area contributed by atoms with Crippen LogP contribution in [0.3, 0.4) is 0 Å². The van der Waals surface area contributed by atoms with Crippen molar-refractivity contribution in [2.45, 2.75) is 39.5 Å². The van der Waals surface area contributed by atoms with Crippen LogP contribution in [0.25, 0.3) is 0 Å². The van der Waals surface area contributed by atoms with Gasteiger partial charge >= 0.3 is 0 Å². The molecule has 3 heteroatoms. The summed E-state index contributed by atoms with van der Waals surface area (Å²) in [6, 6.07) is 3.80. The van der Waals surface area contributed by atoms with E-state index in [0.717, 1.165) is 29.7 Å². The van der Waals surface area contributed by atoms with Gasteiger partial charge in [-0.05, 0) is 30.0 Å². The second-order valence-electron chi connectivity index (χ2n) is 5.30. The molecule has 0 bridgehead atoms. The summed E-state index contributed by atoms with van der Waals surface area (Å²) in [5.41, 5.74) is 2.08. The zero-order valence-electron chi connectivity index (χ0n) is 11.0. The Kier molecular flexibility index (Phi) is 4.28. The van der Waals surface area contributed by atoms with Gasteiger partial charge in [-0.1, -0.05) is 25.4 Å². The minimum absolute atomic E-state index is 0.267. The van der Waals surface area contributed by atoms with Crippen molar-refractivity contribution in [2.24, 2.45) is 5.92 Å². The number of carbonyl (C=O) groups excluding carboxylic acids is 1. The van der Waals surface area contributed by atoms with Crippen LogP contribution in [0.4, 0.5) is 0 Å². The molecular weight excluding hydrogens is 248 g/mol. The number of rotatable bonds is 5. The summed E-state index contributed by atoms with van der Waals surface area (Å²) in [7, 11) is 0. The number of hydrogen-bond acceptors (Lipinski definition) is 2. The zero-order valence-corrected chi connectivity index (χ0v) is 11.7. The molecule has 1 aromatic carbocycles. The SMILES string of the molecule is CC(C)CCC(=O)Cc1cc(Cl)cc2c1OCC2. The summed E-state index contributed by atoms with van der Waals surface area (Å²) >= 11 is 6.07. The number of benzene rings is 1. The van der Waals surface area contributed by atoms with Crippen molar-refractivity contribution in [1.29, 1.82) is 0 Å². The van der Waals surface area contributed by atoms with Crippen LogP contribution in [0.15, 0.2) is 12.1 Å². The van der Waals surface area contributed by atoms with Crippen molar-refractivity contribution >= 4 is 17.4 Å². The molecule has 0 N–H and O–H groups in total. The van der Waals surface area contributed by atoms with E-state index >= 15 is 0 Å².